The first kappa shape index (κ1) is 17.8. The molecule has 1 saturated heterocycles. The fourth-order valence-corrected chi connectivity index (χ4v) is 3.69. The van der Waals surface area contributed by atoms with Crippen molar-refractivity contribution in [2.45, 2.75) is 12.5 Å². The largest absolute Gasteiger partial charge is 0.493 e. The summed E-state index contributed by atoms with van der Waals surface area (Å²) in [5.74, 6) is 0.186. The standard InChI is InChI=1S/C21H24FN3O2/c1-24-9-11-25(12-10-24)19-7-6-15(14-17(19)22)21(26)23-18-8-13-27-20-5-3-2-4-16(18)20/h2-7,14,18H,8-13H2,1H3,(H,23,26)/t18-/m0/s1. The van der Waals surface area contributed by atoms with Gasteiger partial charge in [-0.25, -0.2) is 4.39 Å². The lowest BCUT2D eigenvalue weighted by molar-refractivity contribution is 0.0924. The van der Waals surface area contributed by atoms with Gasteiger partial charge in [0.05, 0.1) is 18.3 Å². The Morgan fingerprint density at radius 2 is 1.93 bits per heavy atom. The van der Waals surface area contributed by atoms with Gasteiger partial charge in [-0.1, -0.05) is 18.2 Å². The molecule has 0 unspecified atom stereocenters. The summed E-state index contributed by atoms with van der Waals surface area (Å²) in [5, 5.41) is 3.02. The first-order valence-electron chi connectivity index (χ1n) is 9.37. The number of rotatable bonds is 3. The van der Waals surface area contributed by atoms with Crippen LogP contribution in [0.5, 0.6) is 5.75 Å². The van der Waals surface area contributed by atoms with Gasteiger partial charge in [-0.05, 0) is 31.3 Å². The first-order chi connectivity index (χ1) is 13.1. The van der Waals surface area contributed by atoms with E-state index < -0.39 is 0 Å². The lowest BCUT2D eigenvalue weighted by Gasteiger charge is -2.34. The summed E-state index contributed by atoms with van der Waals surface area (Å²) in [6.07, 6.45) is 0.699. The zero-order valence-electron chi connectivity index (χ0n) is 15.5. The molecule has 1 amide bonds. The van der Waals surface area contributed by atoms with Crippen molar-refractivity contribution in [3.8, 4) is 5.75 Å². The summed E-state index contributed by atoms with van der Waals surface area (Å²) in [6, 6.07) is 12.3. The van der Waals surface area contributed by atoms with Crippen molar-refractivity contribution in [3.05, 3.63) is 59.4 Å². The topological polar surface area (TPSA) is 44.8 Å². The highest BCUT2D eigenvalue weighted by atomic mass is 19.1. The number of hydrogen-bond donors (Lipinski definition) is 1. The SMILES string of the molecule is CN1CCN(c2ccc(C(=O)N[C@H]3CCOc4ccccc43)cc2F)CC1. The van der Waals surface area contributed by atoms with Crippen molar-refractivity contribution in [1.29, 1.82) is 0 Å². The van der Waals surface area contributed by atoms with E-state index in [1.165, 1.54) is 6.07 Å². The van der Waals surface area contributed by atoms with Gasteiger partial charge < -0.3 is 19.9 Å². The van der Waals surface area contributed by atoms with E-state index in [-0.39, 0.29) is 17.8 Å². The van der Waals surface area contributed by atoms with Gasteiger partial charge in [0.15, 0.2) is 0 Å². The third-order valence-corrected chi connectivity index (χ3v) is 5.32. The van der Waals surface area contributed by atoms with Crippen molar-refractivity contribution < 1.29 is 13.9 Å². The maximum Gasteiger partial charge on any atom is 0.251 e. The summed E-state index contributed by atoms with van der Waals surface area (Å²) < 4.78 is 20.3. The smallest absolute Gasteiger partial charge is 0.251 e. The van der Waals surface area contributed by atoms with E-state index in [1.807, 2.05) is 29.2 Å². The summed E-state index contributed by atoms with van der Waals surface area (Å²) in [7, 11) is 2.07. The number of piperazine rings is 1. The Morgan fingerprint density at radius 3 is 2.70 bits per heavy atom. The third-order valence-electron chi connectivity index (χ3n) is 5.32. The van der Waals surface area contributed by atoms with E-state index in [1.54, 1.807) is 12.1 Å². The molecule has 2 aliphatic rings. The van der Waals surface area contributed by atoms with E-state index in [4.69, 9.17) is 4.74 Å². The van der Waals surface area contributed by atoms with Gasteiger partial charge in [0, 0.05) is 43.7 Å². The molecule has 2 heterocycles. The Balaban J connectivity index is 1.48. The molecule has 27 heavy (non-hydrogen) atoms. The molecule has 5 nitrogen and oxygen atoms in total. The molecule has 0 radical (unpaired) electrons. The van der Waals surface area contributed by atoms with Gasteiger partial charge in [0.2, 0.25) is 0 Å². The molecule has 1 N–H and O–H groups in total. The molecule has 0 bridgehead atoms. The van der Waals surface area contributed by atoms with Crippen molar-refractivity contribution in [2.75, 3.05) is 44.7 Å². The zero-order chi connectivity index (χ0) is 18.8. The highest BCUT2D eigenvalue weighted by molar-refractivity contribution is 5.95. The number of fused-ring (bicyclic) bond motifs is 1. The molecule has 2 aromatic rings. The fourth-order valence-electron chi connectivity index (χ4n) is 3.69. The molecule has 1 fully saturated rings. The number of carbonyl (C=O) groups excluding carboxylic acids is 1. The minimum absolute atomic E-state index is 0.122. The predicted octanol–water partition coefficient (Wildman–Crippen LogP) is 2.83. The highest BCUT2D eigenvalue weighted by Crippen LogP contribution is 2.32. The van der Waals surface area contributed by atoms with Gasteiger partial charge in [0.1, 0.15) is 11.6 Å². The molecule has 2 aliphatic heterocycles. The molecule has 6 heteroatoms. The Hall–Kier alpha value is -2.60. The normalized spacial score (nSPS) is 19.9. The number of hydrogen-bond acceptors (Lipinski definition) is 4. The lowest BCUT2D eigenvalue weighted by Crippen LogP contribution is -2.44. The van der Waals surface area contributed by atoms with Crippen LogP contribution in [0.3, 0.4) is 0 Å². The molecule has 2 aromatic carbocycles. The number of nitrogens with one attached hydrogen (secondary N) is 1. The number of anilines is 1. The van der Waals surface area contributed by atoms with Crippen LogP contribution in [0.25, 0.3) is 0 Å². The van der Waals surface area contributed by atoms with Crippen LogP contribution >= 0.6 is 0 Å². The zero-order valence-corrected chi connectivity index (χ0v) is 15.5. The lowest BCUT2D eigenvalue weighted by atomic mass is 10.00. The average molecular weight is 369 g/mol. The fraction of sp³-hybridized carbons (Fsp3) is 0.381. The molecule has 0 saturated carbocycles. The number of para-hydroxylation sites is 1. The van der Waals surface area contributed by atoms with Crippen LogP contribution in [0.2, 0.25) is 0 Å². The molecule has 1 atom stereocenters. The van der Waals surface area contributed by atoms with Gasteiger partial charge in [-0.2, -0.15) is 0 Å². The second kappa shape index (κ2) is 7.56. The summed E-state index contributed by atoms with van der Waals surface area (Å²) >= 11 is 0. The van der Waals surface area contributed by atoms with Crippen LogP contribution in [0, 0.1) is 5.82 Å². The number of carbonyl (C=O) groups is 1. The minimum Gasteiger partial charge on any atom is -0.493 e. The number of nitrogens with zero attached hydrogens (tertiary/aromatic N) is 2. The van der Waals surface area contributed by atoms with Gasteiger partial charge in [-0.15, -0.1) is 0 Å². The quantitative estimate of drug-likeness (QED) is 0.904. The van der Waals surface area contributed by atoms with Crippen LogP contribution in [0.4, 0.5) is 10.1 Å². The molecule has 0 spiro atoms. The maximum atomic E-state index is 14.7. The molecule has 0 aromatic heterocycles. The summed E-state index contributed by atoms with van der Waals surface area (Å²) in [6.45, 7) is 3.95. The van der Waals surface area contributed by atoms with Gasteiger partial charge in [-0.3, -0.25) is 4.79 Å². The molecule has 0 aliphatic carbocycles. The highest BCUT2D eigenvalue weighted by Gasteiger charge is 2.24. The van der Waals surface area contributed by atoms with Crippen molar-refractivity contribution in [2.24, 2.45) is 0 Å². The van der Waals surface area contributed by atoms with Crippen LogP contribution in [0.1, 0.15) is 28.4 Å². The maximum absolute atomic E-state index is 14.7. The van der Waals surface area contributed by atoms with Crippen molar-refractivity contribution >= 4 is 11.6 Å². The van der Waals surface area contributed by atoms with Crippen LogP contribution < -0.4 is 15.0 Å². The number of benzene rings is 2. The van der Waals surface area contributed by atoms with E-state index >= 15 is 0 Å². The Morgan fingerprint density at radius 1 is 1.15 bits per heavy atom. The van der Waals surface area contributed by atoms with Gasteiger partial charge in [0.25, 0.3) is 5.91 Å². The van der Waals surface area contributed by atoms with Crippen molar-refractivity contribution in [1.82, 2.24) is 10.2 Å². The minimum atomic E-state index is -0.348. The predicted molar refractivity (Wildman–Crippen MR) is 103 cm³/mol. The molecule has 4 rings (SSSR count). The Kier molecular flexibility index (Phi) is 4.99. The van der Waals surface area contributed by atoms with E-state index in [2.05, 4.69) is 17.3 Å². The second-order valence-corrected chi connectivity index (χ2v) is 7.16. The molecular formula is C21H24FN3O2. The van der Waals surface area contributed by atoms with Gasteiger partial charge >= 0.3 is 0 Å². The van der Waals surface area contributed by atoms with E-state index in [9.17, 15) is 9.18 Å². The van der Waals surface area contributed by atoms with Crippen LogP contribution in [0.15, 0.2) is 42.5 Å². The average Bonchev–Trinajstić information content (AvgIpc) is 2.69. The number of halogens is 1. The number of ether oxygens (including phenoxy) is 1. The third kappa shape index (κ3) is 3.76. The monoisotopic (exact) mass is 369 g/mol. The summed E-state index contributed by atoms with van der Waals surface area (Å²) in [4.78, 5) is 16.9. The van der Waals surface area contributed by atoms with Crippen molar-refractivity contribution in [3.63, 3.8) is 0 Å². The molecular weight excluding hydrogens is 345 g/mol. The Labute approximate surface area is 158 Å². The van der Waals surface area contributed by atoms with E-state index in [0.717, 1.165) is 37.5 Å². The first-order valence-corrected chi connectivity index (χ1v) is 9.37. The van der Waals surface area contributed by atoms with Crippen LogP contribution in [-0.2, 0) is 0 Å². The number of likely N-dealkylation sites (N-methyl/N-ethyl adjacent to an activating group) is 1. The van der Waals surface area contributed by atoms with E-state index in [0.29, 0.717) is 24.3 Å². The Bertz CT molecular complexity index is 834. The van der Waals surface area contributed by atoms with Crippen LogP contribution in [-0.4, -0.2) is 50.6 Å². The number of amides is 1. The molecule has 142 valence electrons. The second-order valence-electron chi connectivity index (χ2n) is 7.16. The summed E-state index contributed by atoms with van der Waals surface area (Å²) in [5.41, 5.74) is 1.87.